The Hall–Kier alpha value is -2.48. The molecule has 0 saturated carbocycles. The van der Waals surface area contributed by atoms with E-state index < -0.39 is 10.0 Å². The third-order valence-corrected chi connectivity index (χ3v) is 6.13. The molecule has 0 fully saturated rings. The van der Waals surface area contributed by atoms with Gasteiger partial charge in [-0.1, -0.05) is 29.8 Å². The number of aromatic nitrogens is 1. The van der Waals surface area contributed by atoms with Crippen LogP contribution in [-0.2, 0) is 28.0 Å². The van der Waals surface area contributed by atoms with E-state index in [4.69, 9.17) is 16.3 Å². The van der Waals surface area contributed by atoms with Crippen molar-refractivity contribution in [3.63, 3.8) is 0 Å². The SMILES string of the molecule is Cc1cc(S(=O)(=O)Nc2cccc(COCc3ccc(F)cc3)n2)c(C)cc1Cl. The van der Waals surface area contributed by atoms with E-state index in [-0.39, 0.29) is 23.1 Å². The molecule has 0 aliphatic carbocycles. The van der Waals surface area contributed by atoms with Crippen molar-refractivity contribution in [1.82, 2.24) is 4.98 Å². The summed E-state index contributed by atoms with van der Waals surface area (Å²) in [6.07, 6.45) is 0. The molecular weight excluding hydrogens is 415 g/mol. The van der Waals surface area contributed by atoms with Gasteiger partial charge < -0.3 is 4.74 Å². The number of anilines is 1. The lowest BCUT2D eigenvalue weighted by atomic mass is 10.2. The van der Waals surface area contributed by atoms with Crippen LogP contribution in [0.5, 0.6) is 0 Å². The Morgan fingerprint density at radius 2 is 1.76 bits per heavy atom. The molecule has 0 bridgehead atoms. The van der Waals surface area contributed by atoms with E-state index in [0.29, 0.717) is 28.5 Å². The van der Waals surface area contributed by atoms with E-state index in [1.54, 1.807) is 50.2 Å². The summed E-state index contributed by atoms with van der Waals surface area (Å²) in [7, 11) is -3.82. The van der Waals surface area contributed by atoms with Crippen molar-refractivity contribution in [2.24, 2.45) is 0 Å². The minimum absolute atomic E-state index is 0.152. The number of rotatable bonds is 7. The van der Waals surface area contributed by atoms with E-state index in [1.807, 2.05) is 0 Å². The Morgan fingerprint density at radius 1 is 1.03 bits per heavy atom. The van der Waals surface area contributed by atoms with Crippen LogP contribution in [0.2, 0.25) is 5.02 Å². The highest BCUT2D eigenvalue weighted by Gasteiger charge is 2.19. The Labute approximate surface area is 174 Å². The predicted octanol–water partition coefficient (Wildman–Crippen LogP) is 5.01. The second-order valence-electron chi connectivity index (χ2n) is 6.61. The number of nitrogens with one attached hydrogen (secondary N) is 1. The van der Waals surface area contributed by atoms with Crippen molar-refractivity contribution in [2.75, 3.05) is 4.72 Å². The average Bonchev–Trinajstić information content (AvgIpc) is 2.66. The molecule has 1 aromatic heterocycles. The van der Waals surface area contributed by atoms with Gasteiger partial charge in [0.05, 0.1) is 23.8 Å². The van der Waals surface area contributed by atoms with Gasteiger partial charge in [0.1, 0.15) is 11.6 Å². The number of benzene rings is 2. The second-order valence-corrected chi connectivity index (χ2v) is 8.66. The van der Waals surface area contributed by atoms with Crippen LogP contribution in [0.3, 0.4) is 0 Å². The highest BCUT2D eigenvalue weighted by atomic mass is 35.5. The summed E-state index contributed by atoms with van der Waals surface area (Å²) in [5, 5.41) is 0.514. The largest absolute Gasteiger partial charge is 0.370 e. The quantitative estimate of drug-likeness (QED) is 0.567. The molecule has 5 nitrogen and oxygen atoms in total. The highest BCUT2D eigenvalue weighted by molar-refractivity contribution is 7.92. The summed E-state index contributed by atoms with van der Waals surface area (Å²) in [4.78, 5) is 4.45. The molecule has 0 spiro atoms. The maximum atomic E-state index is 12.9. The van der Waals surface area contributed by atoms with Crippen molar-refractivity contribution in [2.45, 2.75) is 32.0 Å². The van der Waals surface area contributed by atoms with Crippen LogP contribution >= 0.6 is 11.6 Å². The Balaban J connectivity index is 1.69. The predicted molar refractivity (Wildman–Crippen MR) is 111 cm³/mol. The van der Waals surface area contributed by atoms with Gasteiger partial charge in [0.25, 0.3) is 10.0 Å². The third kappa shape index (κ3) is 5.53. The summed E-state index contributed by atoms with van der Waals surface area (Å²) in [6, 6.07) is 14.2. The van der Waals surface area contributed by atoms with Crippen LogP contribution < -0.4 is 4.72 Å². The molecule has 2 aromatic carbocycles. The van der Waals surface area contributed by atoms with Crippen LogP contribution in [0, 0.1) is 19.7 Å². The molecule has 0 radical (unpaired) electrons. The lowest BCUT2D eigenvalue weighted by molar-refractivity contribution is 0.104. The Bertz CT molecular complexity index is 1120. The van der Waals surface area contributed by atoms with Gasteiger partial charge in [0.15, 0.2) is 0 Å². The minimum atomic E-state index is -3.82. The number of sulfonamides is 1. The zero-order valence-electron chi connectivity index (χ0n) is 15.9. The first-order chi connectivity index (χ1) is 13.7. The van der Waals surface area contributed by atoms with Crippen LogP contribution in [0.25, 0.3) is 0 Å². The first kappa shape index (κ1) is 21.2. The number of halogens is 2. The summed E-state index contributed by atoms with van der Waals surface area (Å²) < 4.78 is 46.5. The molecule has 0 atom stereocenters. The minimum Gasteiger partial charge on any atom is -0.370 e. The van der Waals surface area contributed by atoms with Crippen LogP contribution in [0.1, 0.15) is 22.4 Å². The number of aryl methyl sites for hydroxylation is 2. The number of hydrogen-bond donors (Lipinski definition) is 1. The van der Waals surface area contributed by atoms with Crippen molar-refractivity contribution in [3.05, 3.63) is 87.8 Å². The van der Waals surface area contributed by atoms with Crippen molar-refractivity contribution in [3.8, 4) is 0 Å². The fraction of sp³-hybridized carbons (Fsp3) is 0.190. The van der Waals surface area contributed by atoms with Crippen LogP contribution in [-0.4, -0.2) is 13.4 Å². The van der Waals surface area contributed by atoms with Gasteiger partial charge in [-0.15, -0.1) is 0 Å². The van der Waals surface area contributed by atoms with Crippen LogP contribution in [0.15, 0.2) is 59.5 Å². The molecule has 8 heteroatoms. The number of ether oxygens (including phenoxy) is 1. The smallest absolute Gasteiger partial charge is 0.263 e. The van der Waals surface area contributed by atoms with Crippen LogP contribution in [0.4, 0.5) is 10.2 Å². The second kappa shape index (κ2) is 8.90. The molecule has 3 rings (SSSR count). The topological polar surface area (TPSA) is 68.3 Å². The zero-order valence-corrected chi connectivity index (χ0v) is 17.5. The standard InChI is InChI=1S/C21H20ClFN2O3S/c1-14-11-20(15(2)10-19(14)22)29(26,27)25-21-5-3-4-18(24-21)13-28-12-16-6-8-17(23)9-7-16/h3-11H,12-13H2,1-2H3,(H,24,25). The van der Waals surface area contributed by atoms with Gasteiger partial charge in [0, 0.05) is 5.02 Å². The van der Waals surface area contributed by atoms with Gasteiger partial charge in [-0.25, -0.2) is 17.8 Å². The number of pyridine rings is 1. The average molecular weight is 435 g/mol. The van der Waals surface area contributed by atoms with E-state index in [0.717, 1.165) is 5.56 Å². The van der Waals surface area contributed by atoms with Crippen molar-refractivity contribution < 1.29 is 17.5 Å². The molecule has 29 heavy (non-hydrogen) atoms. The number of hydrogen-bond acceptors (Lipinski definition) is 4. The van der Waals surface area contributed by atoms with Gasteiger partial charge in [-0.3, -0.25) is 4.72 Å². The highest BCUT2D eigenvalue weighted by Crippen LogP contribution is 2.25. The molecule has 0 unspecified atom stereocenters. The lowest BCUT2D eigenvalue weighted by Gasteiger charge is -2.12. The molecule has 0 amide bonds. The molecular formula is C21H20ClFN2O3S. The lowest BCUT2D eigenvalue weighted by Crippen LogP contribution is -2.16. The van der Waals surface area contributed by atoms with Gasteiger partial charge in [0.2, 0.25) is 0 Å². The van der Waals surface area contributed by atoms with E-state index in [9.17, 15) is 12.8 Å². The number of nitrogens with zero attached hydrogens (tertiary/aromatic N) is 1. The summed E-state index contributed by atoms with van der Waals surface area (Å²) in [5.74, 6) is -0.110. The monoisotopic (exact) mass is 434 g/mol. The maximum Gasteiger partial charge on any atom is 0.263 e. The Morgan fingerprint density at radius 3 is 2.48 bits per heavy atom. The third-order valence-electron chi connectivity index (χ3n) is 4.22. The van der Waals surface area contributed by atoms with Gasteiger partial charge in [-0.05, 0) is 66.9 Å². The van der Waals surface area contributed by atoms with Crippen molar-refractivity contribution >= 4 is 27.4 Å². The summed E-state index contributed by atoms with van der Waals surface area (Å²) in [6.45, 7) is 3.92. The summed E-state index contributed by atoms with van der Waals surface area (Å²) >= 11 is 6.06. The Kier molecular flexibility index (Phi) is 6.52. The molecule has 3 aromatic rings. The fourth-order valence-electron chi connectivity index (χ4n) is 2.71. The zero-order chi connectivity index (χ0) is 21.0. The van der Waals surface area contributed by atoms with Gasteiger partial charge in [-0.2, -0.15) is 0 Å². The fourth-order valence-corrected chi connectivity index (χ4v) is 4.24. The molecule has 0 aliphatic rings. The van der Waals surface area contributed by atoms with Crippen molar-refractivity contribution in [1.29, 1.82) is 0 Å². The van der Waals surface area contributed by atoms with E-state index in [2.05, 4.69) is 9.71 Å². The first-order valence-electron chi connectivity index (χ1n) is 8.82. The molecule has 152 valence electrons. The normalized spacial score (nSPS) is 11.4. The summed E-state index contributed by atoms with van der Waals surface area (Å²) in [5.41, 5.74) is 2.62. The molecule has 1 N–H and O–H groups in total. The molecule has 1 heterocycles. The first-order valence-corrected chi connectivity index (χ1v) is 10.7. The van der Waals surface area contributed by atoms with E-state index >= 15 is 0 Å². The van der Waals surface area contributed by atoms with Gasteiger partial charge >= 0.3 is 0 Å². The van der Waals surface area contributed by atoms with E-state index in [1.165, 1.54) is 18.2 Å². The molecule has 0 aliphatic heterocycles. The maximum absolute atomic E-state index is 12.9. The molecule has 0 saturated heterocycles.